The second-order valence-electron chi connectivity index (χ2n) is 14.2. The quantitative estimate of drug-likeness (QED) is 0.183. The fourth-order valence-corrected chi connectivity index (χ4v) is 7.74. The normalized spacial score (nSPS) is 19.8. The van der Waals surface area contributed by atoms with Gasteiger partial charge in [-0.2, -0.15) is 15.3 Å². The Bertz CT molecular complexity index is 2220. The van der Waals surface area contributed by atoms with Crippen LogP contribution in [0.25, 0.3) is 11.4 Å². The third-order valence-electron chi connectivity index (χ3n) is 10.7. The first-order valence-electron chi connectivity index (χ1n) is 18.6. The molecule has 3 aromatic carbocycles. The van der Waals surface area contributed by atoms with Gasteiger partial charge < -0.3 is 24.4 Å². The van der Waals surface area contributed by atoms with E-state index in [-0.39, 0.29) is 23.5 Å². The van der Waals surface area contributed by atoms with Gasteiger partial charge >= 0.3 is 5.69 Å². The molecule has 0 radical (unpaired) electrons. The summed E-state index contributed by atoms with van der Waals surface area (Å²) in [7, 11) is 0. The maximum Gasteiger partial charge on any atom is 0.350 e. The number of aliphatic hydroxyl groups excluding tert-OH is 1. The number of hydrogen-bond acceptors (Lipinski definition) is 11. The zero-order valence-corrected chi connectivity index (χ0v) is 30.8. The lowest BCUT2D eigenvalue weighted by Crippen LogP contribution is -2.46. The summed E-state index contributed by atoms with van der Waals surface area (Å²) in [6.07, 6.45) is 8.00. The predicted molar refractivity (Wildman–Crippen MR) is 202 cm³/mol. The fraction of sp³-hybridized carbons (Fsp3) is 0.385. The molecule has 2 aliphatic heterocycles. The number of anilines is 2. The highest BCUT2D eigenvalue weighted by Crippen LogP contribution is 2.42. The average molecular weight is 750 g/mol. The van der Waals surface area contributed by atoms with Crippen LogP contribution in [0, 0.1) is 11.7 Å². The molecule has 55 heavy (non-hydrogen) atoms. The zero-order valence-electron chi connectivity index (χ0n) is 30.8. The molecule has 0 unspecified atom stereocenters. The first-order valence-corrected chi connectivity index (χ1v) is 18.6. The third kappa shape index (κ3) is 7.47. The topological polar surface area (TPSA) is 146 Å². The van der Waals surface area contributed by atoms with Crippen LogP contribution < -0.4 is 20.2 Å². The summed E-state index contributed by atoms with van der Waals surface area (Å²) in [5.41, 5.74) is 2.77. The van der Waals surface area contributed by atoms with Gasteiger partial charge in [-0.25, -0.2) is 37.8 Å². The van der Waals surface area contributed by atoms with Crippen LogP contribution in [0.15, 0.2) is 103 Å². The largest absolute Gasteiger partial charge is 0.493 e. The lowest BCUT2D eigenvalue weighted by Gasteiger charge is -2.37. The van der Waals surface area contributed by atoms with Crippen molar-refractivity contribution in [2.45, 2.75) is 51.0 Å². The van der Waals surface area contributed by atoms with E-state index in [2.05, 4.69) is 47.2 Å². The highest BCUT2D eigenvalue weighted by Gasteiger charge is 2.44. The van der Waals surface area contributed by atoms with Crippen molar-refractivity contribution in [1.82, 2.24) is 43.9 Å². The van der Waals surface area contributed by atoms with E-state index in [1.54, 1.807) is 24.0 Å². The van der Waals surface area contributed by atoms with Crippen LogP contribution in [0.4, 0.5) is 15.8 Å². The zero-order chi connectivity index (χ0) is 37.9. The molecule has 1 N–H and O–H groups in total. The molecule has 15 nitrogen and oxygen atoms in total. The number of aromatic nitrogens is 9. The number of ether oxygens (including phenoxy) is 2. The van der Waals surface area contributed by atoms with E-state index in [0.29, 0.717) is 43.9 Å². The second kappa shape index (κ2) is 15.5. The third-order valence-corrected chi connectivity index (χ3v) is 10.7. The lowest BCUT2D eigenvalue weighted by atomic mass is 9.86. The molecule has 2 fully saturated rings. The van der Waals surface area contributed by atoms with E-state index in [4.69, 9.17) is 9.47 Å². The van der Waals surface area contributed by atoms with Crippen LogP contribution in [-0.4, -0.2) is 94.5 Å². The highest BCUT2D eigenvalue weighted by molar-refractivity contribution is 5.55. The number of nitrogens with zero attached hydrogens (tertiary/aromatic N) is 11. The van der Waals surface area contributed by atoms with Crippen LogP contribution in [0.3, 0.4) is 0 Å². The second-order valence-corrected chi connectivity index (χ2v) is 14.2. The number of piperazine rings is 1. The fourth-order valence-electron chi connectivity index (χ4n) is 7.74. The van der Waals surface area contributed by atoms with Crippen LogP contribution in [0.1, 0.15) is 38.3 Å². The Hall–Kier alpha value is -5.87. The number of aliphatic hydroxyl groups is 1. The van der Waals surface area contributed by atoms with Crippen LogP contribution in [0.2, 0.25) is 0 Å². The Labute approximate surface area is 317 Å². The Morgan fingerprint density at radius 1 is 0.873 bits per heavy atom. The van der Waals surface area contributed by atoms with Gasteiger partial charge in [0.25, 0.3) is 0 Å². The van der Waals surface area contributed by atoms with Crippen LogP contribution in [0.5, 0.6) is 5.75 Å². The van der Waals surface area contributed by atoms with E-state index in [9.17, 15) is 9.90 Å². The van der Waals surface area contributed by atoms with E-state index >= 15 is 4.39 Å². The minimum atomic E-state index is -0.942. The van der Waals surface area contributed by atoms with Gasteiger partial charge in [-0.05, 0) is 80.4 Å². The molecule has 0 aliphatic carbocycles. The molecule has 0 amide bonds. The summed E-state index contributed by atoms with van der Waals surface area (Å²) in [5, 5.41) is 22.7. The molecule has 286 valence electrons. The SMILES string of the molecule is CC[C@@H]([C@H](C)O)n1ncn(-c2ccc(N3CCN(c4ccc(OC[C@@H]5CO[C@@](Cn6cncn6)(c6ccc(-n7cncn7)cc6F)C5)cc4)CC3)cc2)c1=O. The van der Waals surface area contributed by atoms with Gasteiger partial charge in [-0.15, -0.1) is 0 Å². The molecule has 0 saturated carbocycles. The molecule has 2 saturated heterocycles. The standard InChI is InChI=1S/C39H44FN11O4/c1-3-37(28(2)52)51-38(53)49(27-45-51)32-6-4-30(5-7-32)46-14-16-47(17-15-46)31-8-11-34(12-9-31)54-20-29-19-39(55-21-29,22-48-25-41-23-43-48)35-13-10-33(18-36(35)40)50-26-42-24-44-50/h4-13,18,23-29,37,52H,3,14-17,19-22H2,1-2H3/t28-,29+,37-,39-/m0/s1. The van der Waals surface area contributed by atoms with Crippen molar-refractivity contribution in [3.63, 3.8) is 0 Å². The first-order chi connectivity index (χ1) is 26.8. The molecule has 6 aromatic rings. The summed E-state index contributed by atoms with van der Waals surface area (Å²) < 4.78 is 34.5. The van der Waals surface area contributed by atoms with Crippen molar-refractivity contribution in [2.75, 3.05) is 49.2 Å². The smallest absolute Gasteiger partial charge is 0.350 e. The Kier molecular flexibility index (Phi) is 10.2. The van der Waals surface area contributed by atoms with Crippen LogP contribution in [-0.2, 0) is 16.9 Å². The minimum Gasteiger partial charge on any atom is -0.493 e. The summed E-state index contributed by atoms with van der Waals surface area (Å²) >= 11 is 0. The van der Waals surface area contributed by atoms with Gasteiger partial charge in [0.2, 0.25) is 0 Å². The Morgan fingerprint density at radius 2 is 1.53 bits per heavy atom. The first kappa shape index (κ1) is 36.1. The van der Waals surface area contributed by atoms with Crippen molar-refractivity contribution >= 4 is 11.4 Å². The van der Waals surface area contributed by atoms with Gasteiger partial charge in [0, 0.05) is 49.0 Å². The van der Waals surface area contributed by atoms with Crippen LogP contribution >= 0.6 is 0 Å². The highest BCUT2D eigenvalue weighted by atomic mass is 19.1. The summed E-state index contributed by atoms with van der Waals surface area (Å²) in [5.74, 6) is 0.406. The Balaban J connectivity index is 0.857. The molecular weight excluding hydrogens is 706 g/mol. The van der Waals surface area contributed by atoms with E-state index < -0.39 is 11.7 Å². The van der Waals surface area contributed by atoms with Gasteiger partial charge in [0.05, 0.1) is 43.3 Å². The summed E-state index contributed by atoms with van der Waals surface area (Å²) in [6.45, 7) is 8.17. The van der Waals surface area contributed by atoms with Crippen molar-refractivity contribution in [1.29, 1.82) is 0 Å². The number of halogens is 1. The molecule has 8 rings (SSSR count). The minimum absolute atomic E-state index is 0.0295. The van der Waals surface area contributed by atoms with Gasteiger partial charge in [0.1, 0.15) is 48.8 Å². The molecule has 2 aliphatic rings. The number of benzene rings is 3. The number of rotatable bonds is 13. The van der Waals surface area contributed by atoms with Gasteiger partial charge in [-0.3, -0.25) is 0 Å². The molecule has 4 atom stereocenters. The van der Waals surface area contributed by atoms with E-state index in [1.807, 2.05) is 49.4 Å². The molecule has 0 spiro atoms. The van der Waals surface area contributed by atoms with Gasteiger partial charge in [0.15, 0.2) is 0 Å². The molecule has 16 heteroatoms. The Morgan fingerprint density at radius 3 is 2.15 bits per heavy atom. The monoisotopic (exact) mass is 749 g/mol. The van der Waals surface area contributed by atoms with Crippen molar-refractivity contribution < 1.29 is 19.0 Å². The predicted octanol–water partition coefficient (Wildman–Crippen LogP) is 4.01. The molecular formula is C39H44FN11O4. The maximum atomic E-state index is 15.7. The number of hydrogen-bond donors (Lipinski definition) is 1. The van der Waals surface area contributed by atoms with E-state index in [1.165, 1.54) is 45.3 Å². The average Bonchev–Trinajstić information content (AvgIpc) is 4.05. The van der Waals surface area contributed by atoms with Crippen molar-refractivity contribution in [2.24, 2.45) is 5.92 Å². The lowest BCUT2D eigenvalue weighted by molar-refractivity contribution is -0.0206. The van der Waals surface area contributed by atoms with Crippen molar-refractivity contribution in [3.05, 3.63) is 120 Å². The summed E-state index contributed by atoms with van der Waals surface area (Å²) in [6, 6.07) is 20.8. The van der Waals surface area contributed by atoms with Gasteiger partial charge in [-0.1, -0.05) is 13.0 Å². The summed E-state index contributed by atoms with van der Waals surface area (Å²) in [4.78, 5) is 25.8. The maximum absolute atomic E-state index is 15.7. The van der Waals surface area contributed by atoms with Crippen molar-refractivity contribution in [3.8, 4) is 17.1 Å². The molecule has 5 heterocycles. The molecule has 3 aromatic heterocycles. The molecule has 0 bridgehead atoms. The van der Waals surface area contributed by atoms with E-state index in [0.717, 1.165) is 49.0 Å².